The second-order valence-corrected chi connectivity index (χ2v) is 5.50. The molecule has 0 heterocycles. The molecule has 8 nitrogen and oxygen atoms in total. The van der Waals surface area contributed by atoms with Crippen molar-refractivity contribution in [2.45, 2.75) is 6.54 Å². The van der Waals surface area contributed by atoms with Crippen molar-refractivity contribution < 1.29 is 23.9 Å². The second-order valence-electron chi connectivity index (χ2n) is 5.50. The summed E-state index contributed by atoms with van der Waals surface area (Å²) >= 11 is 0. The Labute approximate surface area is 156 Å². The number of methoxy groups -OCH3 is 2. The van der Waals surface area contributed by atoms with Gasteiger partial charge in [-0.05, 0) is 5.56 Å². The van der Waals surface area contributed by atoms with Crippen molar-refractivity contribution in [2.24, 2.45) is 0 Å². The van der Waals surface area contributed by atoms with E-state index in [9.17, 15) is 14.4 Å². The molecule has 0 aromatic heterocycles. The molecule has 0 unspecified atom stereocenters. The Kier molecular flexibility index (Phi) is 7.18. The van der Waals surface area contributed by atoms with Crippen LogP contribution in [0, 0.1) is 0 Å². The highest BCUT2D eigenvalue weighted by Crippen LogP contribution is 2.25. The lowest BCUT2D eigenvalue weighted by atomic mass is 10.2. The van der Waals surface area contributed by atoms with E-state index in [1.165, 1.54) is 14.2 Å². The van der Waals surface area contributed by atoms with Crippen LogP contribution in [0.25, 0.3) is 0 Å². The highest BCUT2D eigenvalue weighted by atomic mass is 16.5. The maximum absolute atomic E-state index is 12.0. The molecule has 2 rings (SSSR count). The van der Waals surface area contributed by atoms with Crippen LogP contribution >= 0.6 is 0 Å². The summed E-state index contributed by atoms with van der Waals surface area (Å²) in [5, 5.41) is 7.36. The van der Waals surface area contributed by atoms with Gasteiger partial charge in [0.25, 0.3) is 0 Å². The predicted molar refractivity (Wildman–Crippen MR) is 99.5 cm³/mol. The molecule has 8 heteroatoms. The third-order valence-corrected chi connectivity index (χ3v) is 3.55. The molecule has 3 N–H and O–H groups in total. The van der Waals surface area contributed by atoms with Crippen molar-refractivity contribution in [2.75, 3.05) is 26.1 Å². The Balaban J connectivity index is 1.80. The molecule has 0 spiro atoms. The van der Waals surface area contributed by atoms with E-state index < -0.39 is 17.7 Å². The quantitative estimate of drug-likeness (QED) is 0.632. The van der Waals surface area contributed by atoms with Crippen LogP contribution in [-0.4, -0.2) is 38.5 Å². The SMILES string of the molecule is COc1cc(NC(=O)CNC(=O)C(=O)NCc2ccccc2)cc(OC)c1. The van der Waals surface area contributed by atoms with E-state index in [2.05, 4.69) is 16.0 Å². The highest BCUT2D eigenvalue weighted by molar-refractivity contribution is 6.35. The van der Waals surface area contributed by atoms with Crippen LogP contribution in [0.3, 0.4) is 0 Å². The Bertz CT molecular complexity index is 786. The molecule has 0 atom stereocenters. The van der Waals surface area contributed by atoms with Gasteiger partial charge in [-0.1, -0.05) is 30.3 Å². The van der Waals surface area contributed by atoms with Crippen LogP contribution in [0.4, 0.5) is 5.69 Å². The molecular weight excluding hydrogens is 350 g/mol. The molecule has 0 aliphatic heterocycles. The zero-order chi connectivity index (χ0) is 19.6. The Hall–Kier alpha value is -3.55. The van der Waals surface area contributed by atoms with Crippen LogP contribution in [0.15, 0.2) is 48.5 Å². The molecule has 142 valence electrons. The van der Waals surface area contributed by atoms with E-state index in [1.54, 1.807) is 18.2 Å². The second kappa shape index (κ2) is 9.81. The molecule has 0 saturated carbocycles. The topological polar surface area (TPSA) is 106 Å². The number of amides is 3. The van der Waals surface area contributed by atoms with Gasteiger partial charge in [0, 0.05) is 30.4 Å². The lowest BCUT2D eigenvalue weighted by Crippen LogP contribution is -2.42. The van der Waals surface area contributed by atoms with Crippen LogP contribution < -0.4 is 25.4 Å². The fourth-order valence-electron chi connectivity index (χ4n) is 2.18. The number of hydrogen-bond acceptors (Lipinski definition) is 5. The molecule has 27 heavy (non-hydrogen) atoms. The lowest BCUT2D eigenvalue weighted by Gasteiger charge is -2.10. The van der Waals surface area contributed by atoms with Gasteiger partial charge in [0.05, 0.1) is 20.8 Å². The van der Waals surface area contributed by atoms with Crippen LogP contribution in [0.5, 0.6) is 11.5 Å². The summed E-state index contributed by atoms with van der Waals surface area (Å²) in [4.78, 5) is 35.5. The molecule has 0 fully saturated rings. The standard InChI is InChI=1S/C19H21N3O5/c1-26-15-8-14(9-16(10-15)27-2)22-17(23)12-21-19(25)18(24)20-11-13-6-4-3-5-7-13/h3-10H,11-12H2,1-2H3,(H,20,24)(H,21,25)(H,22,23). The normalized spacial score (nSPS) is 9.85. The summed E-state index contributed by atoms with van der Waals surface area (Å²) in [7, 11) is 2.99. The first-order chi connectivity index (χ1) is 13.0. The van der Waals surface area contributed by atoms with Crippen molar-refractivity contribution >= 4 is 23.4 Å². The fourth-order valence-corrected chi connectivity index (χ4v) is 2.18. The van der Waals surface area contributed by atoms with Gasteiger partial charge >= 0.3 is 11.8 Å². The van der Waals surface area contributed by atoms with Crippen molar-refractivity contribution in [3.05, 3.63) is 54.1 Å². The minimum atomic E-state index is -0.885. The van der Waals surface area contributed by atoms with E-state index in [4.69, 9.17) is 9.47 Å². The minimum Gasteiger partial charge on any atom is -0.497 e. The smallest absolute Gasteiger partial charge is 0.309 e. The Morgan fingerprint density at radius 3 is 2.04 bits per heavy atom. The monoisotopic (exact) mass is 371 g/mol. The number of ether oxygens (including phenoxy) is 2. The van der Waals surface area contributed by atoms with Gasteiger partial charge in [-0.25, -0.2) is 0 Å². The number of nitrogens with one attached hydrogen (secondary N) is 3. The highest BCUT2D eigenvalue weighted by Gasteiger charge is 2.14. The van der Waals surface area contributed by atoms with Gasteiger partial charge in [-0.2, -0.15) is 0 Å². The summed E-state index contributed by atoms with van der Waals surface area (Å²) in [6.45, 7) is -0.125. The number of carbonyl (C=O) groups excluding carboxylic acids is 3. The molecule has 2 aromatic carbocycles. The van der Waals surface area contributed by atoms with Gasteiger partial charge in [-0.15, -0.1) is 0 Å². The maximum Gasteiger partial charge on any atom is 0.309 e. The first-order valence-electron chi connectivity index (χ1n) is 8.14. The summed E-state index contributed by atoms with van der Waals surface area (Å²) in [6, 6.07) is 14.0. The largest absolute Gasteiger partial charge is 0.497 e. The molecular formula is C19H21N3O5. The molecule has 0 saturated heterocycles. The van der Waals surface area contributed by atoms with Gasteiger partial charge < -0.3 is 25.4 Å². The van der Waals surface area contributed by atoms with Crippen molar-refractivity contribution in [3.63, 3.8) is 0 Å². The zero-order valence-corrected chi connectivity index (χ0v) is 15.1. The van der Waals surface area contributed by atoms with Crippen molar-refractivity contribution in [1.29, 1.82) is 0 Å². The Morgan fingerprint density at radius 2 is 1.44 bits per heavy atom. The van der Waals surface area contributed by atoms with Gasteiger partial charge in [-0.3, -0.25) is 14.4 Å². The first-order valence-corrected chi connectivity index (χ1v) is 8.14. The van der Waals surface area contributed by atoms with Gasteiger partial charge in [0.2, 0.25) is 5.91 Å². The third-order valence-electron chi connectivity index (χ3n) is 3.55. The fraction of sp³-hybridized carbons (Fsp3) is 0.211. The summed E-state index contributed by atoms with van der Waals surface area (Å²) < 4.78 is 10.2. The van der Waals surface area contributed by atoms with E-state index in [0.717, 1.165) is 5.56 Å². The van der Waals surface area contributed by atoms with E-state index in [-0.39, 0.29) is 13.1 Å². The van der Waals surface area contributed by atoms with E-state index >= 15 is 0 Å². The number of benzene rings is 2. The molecule has 0 radical (unpaired) electrons. The van der Waals surface area contributed by atoms with Crippen LogP contribution in [0.2, 0.25) is 0 Å². The minimum absolute atomic E-state index is 0.225. The average molecular weight is 371 g/mol. The molecule has 2 aromatic rings. The number of anilines is 1. The molecule has 0 bridgehead atoms. The number of carbonyl (C=O) groups is 3. The van der Waals surface area contributed by atoms with Gasteiger partial charge in [0.1, 0.15) is 11.5 Å². The summed E-state index contributed by atoms with van der Waals surface area (Å²) in [5.74, 6) is -1.17. The summed E-state index contributed by atoms with van der Waals surface area (Å²) in [5.41, 5.74) is 1.31. The first kappa shape index (κ1) is 19.8. The Morgan fingerprint density at radius 1 is 0.852 bits per heavy atom. The molecule has 0 aliphatic rings. The zero-order valence-electron chi connectivity index (χ0n) is 15.1. The predicted octanol–water partition coefficient (Wildman–Crippen LogP) is 1.07. The van der Waals surface area contributed by atoms with Crippen LogP contribution in [0.1, 0.15) is 5.56 Å². The van der Waals surface area contributed by atoms with E-state index in [1.807, 2.05) is 30.3 Å². The lowest BCUT2D eigenvalue weighted by molar-refractivity contribution is -0.139. The van der Waals surface area contributed by atoms with Gasteiger partial charge in [0.15, 0.2) is 0 Å². The van der Waals surface area contributed by atoms with Crippen LogP contribution in [-0.2, 0) is 20.9 Å². The molecule has 0 aliphatic carbocycles. The van der Waals surface area contributed by atoms with Crippen molar-refractivity contribution in [1.82, 2.24) is 10.6 Å². The third kappa shape index (κ3) is 6.35. The van der Waals surface area contributed by atoms with E-state index in [0.29, 0.717) is 17.2 Å². The molecule has 3 amide bonds. The van der Waals surface area contributed by atoms with Crippen molar-refractivity contribution in [3.8, 4) is 11.5 Å². The number of rotatable bonds is 7. The number of hydrogen-bond donors (Lipinski definition) is 3. The maximum atomic E-state index is 12.0. The summed E-state index contributed by atoms with van der Waals surface area (Å²) in [6.07, 6.45) is 0. The average Bonchev–Trinajstić information content (AvgIpc) is 2.70.